The van der Waals surface area contributed by atoms with Crippen LogP contribution >= 0.6 is 35.4 Å². The number of halogens is 2. The van der Waals surface area contributed by atoms with E-state index >= 15 is 0 Å². The summed E-state index contributed by atoms with van der Waals surface area (Å²) in [5, 5.41) is 17.8. The van der Waals surface area contributed by atoms with Gasteiger partial charge in [0.2, 0.25) is 0 Å². The van der Waals surface area contributed by atoms with Crippen LogP contribution in [0, 0.1) is 0 Å². The van der Waals surface area contributed by atoms with Crippen molar-refractivity contribution in [3.63, 3.8) is 0 Å². The van der Waals surface area contributed by atoms with E-state index in [2.05, 4.69) is 10.6 Å². The summed E-state index contributed by atoms with van der Waals surface area (Å²) in [6, 6.07) is 18.8. The van der Waals surface area contributed by atoms with Crippen LogP contribution in [-0.2, 0) is 0 Å². The molecule has 0 unspecified atom stereocenters. The molecule has 0 bridgehead atoms. The molecule has 0 spiro atoms. The minimum atomic E-state index is -0.505. The maximum atomic E-state index is 12.5. The van der Waals surface area contributed by atoms with Gasteiger partial charge in [-0.1, -0.05) is 41.4 Å². The second-order valence-corrected chi connectivity index (χ2v) is 7.58. The number of rotatable bonds is 3. The number of fused-ring (bicyclic) bond motifs is 1. The van der Waals surface area contributed by atoms with E-state index in [0.717, 1.165) is 10.8 Å². The fraction of sp³-hybridized carbons (Fsp3) is 0. The van der Waals surface area contributed by atoms with Crippen molar-refractivity contribution in [2.45, 2.75) is 0 Å². The molecule has 8 heteroatoms. The number of phenolic OH excluding ortho intramolecular Hbond substituents is 1. The molecular formula is C22H14Cl2N2O3S. The van der Waals surface area contributed by atoms with Gasteiger partial charge >= 0.3 is 0 Å². The Bertz CT molecular complexity index is 1290. The van der Waals surface area contributed by atoms with Crippen LogP contribution in [0.1, 0.15) is 10.6 Å². The Morgan fingerprint density at radius 1 is 1.00 bits per heavy atom. The summed E-state index contributed by atoms with van der Waals surface area (Å²) in [4.78, 5) is 12.5. The van der Waals surface area contributed by atoms with Crippen molar-refractivity contribution >= 4 is 62.9 Å². The molecule has 4 rings (SSSR count). The van der Waals surface area contributed by atoms with Crippen LogP contribution in [0.25, 0.3) is 22.1 Å². The second-order valence-electron chi connectivity index (χ2n) is 6.38. The number of benzene rings is 3. The molecule has 0 fully saturated rings. The first kappa shape index (κ1) is 20.2. The highest BCUT2D eigenvalue weighted by atomic mass is 35.5. The molecule has 0 radical (unpaired) electrons. The smallest absolute Gasteiger partial charge is 0.293 e. The zero-order chi connectivity index (χ0) is 21.3. The van der Waals surface area contributed by atoms with Gasteiger partial charge in [-0.2, -0.15) is 0 Å². The van der Waals surface area contributed by atoms with Gasteiger partial charge in [0, 0.05) is 16.6 Å². The minimum absolute atomic E-state index is 0.0769. The van der Waals surface area contributed by atoms with Crippen molar-refractivity contribution in [2.75, 3.05) is 5.32 Å². The normalized spacial score (nSPS) is 10.7. The van der Waals surface area contributed by atoms with Crippen molar-refractivity contribution in [2.24, 2.45) is 0 Å². The Morgan fingerprint density at radius 2 is 1.80 bits per heavy atom. The van der Waals surface area contributed by atoms with Crippen LogP contribution in [0.3, 0.4) is 0 Å². The quantitative estimate of drug-likeness (QED) is 0.318. The first-order valence-electron chi connectivity index (χ1n) is 8.80. The van der Waals surface area contributed by atoms with E-state index in [1.165, 1.54) is 6.07 Å². The van der Waals surface area contributed by atoms with E-state index in [9.17, 15) is 9.90 Å². The molecule has 3 N–H and O–H groups in total. The van der Waals surface area contributed by atoms with Crippen molar-refractivity contribution in [1.29, 1.82) is 0 Å². The molecule has 5 nitrogen and oxygen atoms in total. The van der Waals surface area contributed by atoms with Crippen LogP contribution in [0.4, 0.5) is 5.69 Å². The summed E-state index contributed by atoms with van der Waals surface area (Å²) < 4.78 is 5.63. The number of phenols is 1. The summed E-state index contributed by atoms with van der Waals surface area (Å²) in [7, 11) is 0. The number of hydrogen-bond acceptors (Lipinski definition) is 4. The van der Waals surface area contributed by atoms with E-state index < -0.39 is 5.91 Å². The summed E-state index contributed by atoms with van der Waals surface area (Å²) in [5.74, 6) is 0.159. The number of anilines is 1. The lowest BCUT2D eigenvalue weighted by molar-refractivity contribution is 0.0951. The molecule has 3 aromatic carbocycles. The standard InChI is InChI=1S/C22H14Cl2N2O3S/c23-16-5-2-4-15(20(16)24)18-9-10-19(29-18)21(28)26-22(30)25-17-6-1-3-12-11-13(27)7-8-14(12)17/h1-11,27H,(H2,25,26,28,30). The first-order chi connectivity index (χ1) is 14.4. The lowest BCUT2D eigenvalue weighted by Crippen LogP contribution is -2.33. The SMILES string of the molecule is O=C(NC(=S)Nc1cccc2cc(O)ccc12)c1ccc(-c2cccc(Cl)c2Cl)o1. The van der Waals surface area contributed by atoms with Crippen LogP contribution in [0.15, 0.2) is 71.1 Å². The van der Waals surface area contributed by atoms with Crippen LogP contribution < -0.4 is 10.6 Å². The molecule has 150 valence electrons. The van der Waals surface area contributed by atoms with Crippen molar-refractivity contribution < 1.29 is 14.3 Å². The maximum Gasteiger partial charge on any atom is 0.293 e. The summed E-state index contributed by atoms with van der Waals surface area (Å²) in [6.45, 7) is 0. The predicted octanol–water partition coefficient (Wildman–Crippen LogP) is 6.24. The Kier molecular flexibility index (Phi) is 5.63. The van der Waals surface area contributed by atoms with E-state index in [0.29, 0.717) is 27.1 Å². The number of hydrogen-bond donors (Lipinski definition) is 3. The number of nitrogens with one attached hydrogen (secondary N) is 2. The van der Waals surface area contributed by atoms with Gasteiger partial charge in [-0.05, 0) is 66.1 Å². The number of furan rings is 1. The van der Waals surface area contributed by atoms with Gasteiger partial charge in [0.05, 0.1) is 10.0 Å². The third-order valence-corrected chi connectivity index (χ3v) is 5.41. The maximum absolute atomic E-state index is 12.5. The monoisotopic (exact) mass is 456 g/mol. The first-order valence-corrected chi connectivity index (χ1v) is 9.97. The summed E-state index contributed by atoms with van der Waals surface area (Å²) in [5.41, 5.74) is 1.28. The predicted molar refractivity (Wildman–Crippen MR) is 123 cm³/mol. The van der Waals surface area contributed by atoms with Crippen LogP contribution in [0.2, 0.25) is 10.0 Å². The Balaban J connectivity index is 1.49. The largest absolute Gasteiger partial charge is 0.508 e. The van der Waals surface area contributed by atoms with Crippen molar-refractivity contribution in [1.82, 2.24) is 5.32 Å². The third-order valence-electron chi connectivity index (χ3n) is 4.39. The van der Waals surface area contributed by atoms with E-state index in [1.807, 2.05) is 18.2 Å². The zero-order valence-corrected chi connectivity index (χ0v) is 17.6. The third kappa shape index (κ3) is 4.11. The molecule has 30 heavy (non-hydrogen) atoms. The molecule has 4 aromatic rings. The average molecular weight is 457 g/mol. The number of carbonyl (C=O) groups is 1. The van der Waals surface area contributed by atoms with E-state index in [4.69, 9.17) is 39.8 Å². The second kappa shape index (κ2) is 8.36. The molecule has 0 aliphatic rings. The number of aromatic hydroxyl groups is 1. The summed E-state index contributed by atoms with van der Waals surface area (Å²) >= 11 is 17.5. The van der Waals surface area contributed by atoms with Gasteiger partial charge in [0.25, 0.3) is 5.91 Å². The Labute approximate surface area is 187 Å². The van der Waals surface area contributed by atoms with Crippen LogP contribution in [0.5, 0.6) is 5.75 Å². The zero-order valence-electron chi connectivity index (χ0n) is 15.3. The van der Waals surface area contributed by atoms with Crippen molar-refractivity contribution in [3.8, 4) is 17.1 Å². The van der Waals surface area contributed by atoms with Gasteiger partial charge < -0.3 is 14.8 Å². The molecule has 1 aromatic heterocycles. The lowest BCUT2D eigenvalue weighted by atomic mass is 10.1. The fourth-order valence-corrected chi connectivity index (χ4v) is 3.59. The van der Waals surface area contributed by atoms with Gasteiger partial charge in [0.15, 0.2) is 10.9 Å². The molecule has 0 saturated carbocycles. The molecule has 1 heterocycles. The molecule has 0 saturated heterocycles. The highest BCUT2D eigenvalue weighted by molar-refractivity contribution is 7.80. The number of amides is 1. The molecular weight excluding hydrogens is 443 g/mol. The van der Waals surface area contributed by atoms with Gasteiger partial charge in [0.1, 0.15) is 11.5 Å². The van der Waals surface area contributed by atoms with Crippen molar-refractivity contribution in [3.05, 3.63) is 82.5 Å². The molecule has 0 aliphatic heterocycles. The van der Waals surface area contributed by atoms with Gasteiger partial charge in [-0.25, -0.2) is 0 Å². The van der Waals surface area contributed by atoms with E-state index in [1.54, 1.807) is 42.5 Å². The number of carbonyl (C=O) groups excluding carboxylic acids is 1. The van der Waals surface area contributed by atoms with Crippen LogP contribution in [-0.4, -0.2) is 16.1 Å². The topological polar surface area (TPSA) is 74.5 Å². The van der Waals surface area contributed by atoms with Gasteiger partial charge in [-0.3, -0.25) is 10.1 Å². The lowest BCUT2D eigenvalue weighted by Gasteiger charge is -2.11. The van der Waals surface area contributed by atoms with Gasteiger partial charge in [-0.15, -0.1) is 0 Å². The molecule has 0 aliphatic carbocycles. The average Bonchev–Trinajstić information content (AvgIpc) is 3.20. The molecule has 1 amide bonds. The fourth-order valence-electron chi connectivity index (χ4n) is 3.00. The summed E-state index contributed by atoms with van der Waals surface area (Å²) in [6.07, 6.45) is 0. The number of thiocarbonyl (C=S) groups is 1. The Hall–Kier alpha value is -3.06. The van der Waals surface area contributed by atoms with E-state index in [-0.39, 0.29) is 16.6 Å². The highest BCUT2D eigenvalue weighted by Crippen LogP contribution is 2.34. The molecule has 0 atom stereocenters. The highest BCUT2D eigenvalue weighted by Gasteiger charge is 2.16. The minimum Gasteiger partial charge on any atom is -0.508 e. The Morgan fingerprint density at radius 3 is 2.63 bits per heavy atom.